The first kappa shape index (κ1) is 19.5. The van der Waals surface area contributed by atoms with E-state index in [0.29, 0.717) is 13.1 Å². The van der Waals surface area contributed by atoms with Crippen LogP contribution in [0.1, 0.15) is 22.8 Å². The highest BCUT2D eigenvalue weighted by Gasteiger charge is 2.17. The highest BCUT2D eigenvalue weighted by Crippen LogP contribution is 2.32. The van der Waals surface area contributed by atoms with Gasteiger partial charge in [0.2, 0.25) is 6.79 Å². The maximum atomic E-state index is 10.4. The van der Waals surface area contributed by atoms with Gasteiger partial charge in [-0.25, -0.2) is 0 Å². The minimum absolute atomic E-state index is 0.207. The Morgan fingerprint density at radius 3 is 2.21 bits per heavy atom. The van der Waals surface area contributed by atoms with Crippen LogP contribution < -0.4 is 14.8 Å². The van der Waals surface area contributed by atoms with Crippen LogP contribution in [0, 0.1) is 0 Å². The molecule has 5 heteroatoms. The lowest BCUT2D eigenvalue weighted by molar-refractivity contribution is 0.00649. The quantitative estimate of drug-likeness (QED) is 0.583. The molecule has 0 amide bonds. The minimum Gasteiger partial charge on any atom is -0.454 e. The maximum Gasteiger partial charge on any atom is 0.231 e. The molecular weight excluding hydrogens is 366 g/mol. The van der Waals surface area contributed by atoms with Crippen molar-refractivity contribution in [1.29, 1.82) is 0 Å². The summed E-state index contributed by atoms with van der Waals surface area (Å²) in [6, 6.07) is 26.0. The standard InChI is InChI=1S/C24H25NO4/c26-21(15-25-14-18-11-12-22-23(13-18)29-17-28-22)16-27-24(19-7-3-1-4-8-19)20-9-5-2-6-10-20/h1-13,21,24-26H,14-17H2/t21-/m1/s1. The second-order valence-corrected chi connectivity index (χ2v) is 7.01. The van der Waals surface area contributed by atoms with Gasteiger partial charge in [-0.05, 0) is 28.8 Å². The third-order valence-corrected chi connectivity index (χ3v) is 4.81. The average molecular weight is 391 g/mol. The molecule has 150 valence electrons. The summed E-state index contributed by atoms with van der Waals surface area (Å²) in [6.45, 7) is 1.58. The first-order chi connectivity index (χ1) is 14.3. The normalized spacial score (nSPS) is 13.6. The van der Waals surface area contributed by atoms with Crippen LogP contribution in [-0.4, -0.2) is 31.2 Å². The molecule has 0 aromatic heterocycles. The number of nitrogens with one attached hydrogen (secondary N) is 1. The zero-order chi connectivity index (χ0) is 19.9. The molecule has 4 rings (SSSR count). The Labute approximate surface area is 170 Å². The molecule has 1 atom stereocenters. The van der Waals surface area contributed by atoms with Crippen LogP contribution in [0.5, 0.6) is 11.5 Å². The van der Waals surface area contributed by atoms with Gasteiger partial charge in [-0.3, -0.25) is 0 Å². The van der Waals surface area contributed by atoms with E-state index in [1.165, 1.54) is 0 Å². The minimum atomic E-state index is -0.612. The predicted molar refractivity (Wildman–Crippen MR) is 111 cm³/mol. The van der Waals surface area contributed by atoms with Crippen molar-refractivity contribution in [2.24, 2.45) is 0 Å². The highest BCUT2D eigenvalue weighted by molar-refractivity contribution is 5.44. The Morgan fingerprint density at radius 1 is 0.862 bits per heavy atom. The number of fused-ring (bicyclic) bond motifs is 1. The van der Waals surface area contributed by atoms with Crippen molar-refractivity contribution in [1.82, 2.24) is 5.32 Å². The van der Waals surface area contributed by atoms with Gasteiger partial charge in [-0.15, -0.1) is 0 Å². The zero-order valence-electron chi connectivity index (χ0n) is 16.2. The van der Waals surface area contributed by atoms with E-state index in [4.69, 9.17) is 14.2 Å². The van der Waals surface area contributed by atoms with E-state index in [1.54, 1.807) is 0 Å². The zero-order valence-corrected chi connectivity index (χ0v) is 16.2. The third-order valence-electron chi connectivity index (χ3n) is 4.81. The van der Waals surface area contributed by atoms with E-state index in [0.717, 1.165) is 28.2 Å². The van der Waals surface area contributed by atoms with Crippen LogP contribution in [0.25, 0.3) is 0 Å². The summed E-state index contributed by atoms with van der Waals surface area (Å²) >= 11 is 0. The van der Waals surface area contributed by atoms with Crippen molar-refractivity contribution < 1.29 is 19.3 Å². The lowest BCUT2D eigenvalue weighted by Gasteiger charge is -2.21. The summed E-state index contributed by atoms with van der Waals surface area (Å²) in [7, 11) is 0. The van der Waals surface area contributed by atoms with Gasteiger partial charge in [0.1, 0.15) is 6.10 Å². The van der Waals surface area contributed by atoms with Crippen molar-refractivity contribution in [2.45, 2.75) is 18.8 Å². The molecule has 1 heterocycles. The summed E-state index contributed by atoms with van der Waals surface area (Å²) in [5.74, 6) is 1.54. The molecule has 0 bridgehead atoms. The Morgan fingerprint density at radius 2 is 1.52 bits per heavy atom. The number of ether oxygens (including phenoxy) is 3. The number of aliphatic hydroxyl groups is 1. The van der Waals surface area contributed by atoms with E-state index in [1.807, 2.05) is 78.9 Å². The van der Waals surface area contributed by atoms with Crippen LogP contribution in [-0.2, 0) is 11.3 Å². The summed E-state index contributed by atoms with van der Waals surface area (Å²) in [5.41, 5.74) is 3.22. The fourth-order valence-electron chi connectivity index (χ4n) is 3.34. The first-order valence-electron chi connectivity index (χ1n) is 9.78. The maximum absolute atomic E-state index is 10.4. The van der Waals surface area contributed by atoms with Gasteiger partial charge in [0.25, 0.3) is 0 Å². The van der Waals surface area contributed by atoms with Crippen molar-refractivity contribution >= 4 is 0 Å². The predicted octanol–water partition coefficient (Wildman–Crippen LogP) is 3.67. The molecule has 5 nitrogen and oxygen atoms in total. The molecule has 0 saturated carbocycles. The summed E-state index contributed by atoms with van der Waals surface area (Å²) in [6.07, 6.45) is -0.820. The van der Waals surface area contributed by atoms with Crippen molar-refractivity contribution in [3.05, 3.63) is 95.6 Å². The number of rotatable bonds is 9. The SMILES string of the molecule is O[C@H](CNCc1ccc2c(c1)OCO2)COC(c1ccccc1)c1ccccc1. The fraction of sp³-hybridized carbons (Fsp3) is 0.250. The van der Waals surface area contributed by atoms with E-state index in [2.05, 4.69) is 5.32 Å². The molecule has 2 N–H and O–H groups in total. The molecule has 1 aliphatic heterocycles. The first-order valence-corrected chi connectivity index (χ1v) is 9.78. The molecule has 29 heavy (non-hydrogen) atoms. The summed E-state index contributed by atoms with van der Waals surface area (Å²) in [5, 5.41) is 13.7. The Bertz CT molecular complexity index is 862. The van der Waals surface area contributed by atoms with E-state index in [-0.39, 0.29) is 19.5 Å². The Balaban J connectivity index is 1.29. The van der Waals surface area contributed by atoms with Gasteiger partial charge in [-0.1, -0.05) is 66.7 Å². The van der Waals surface area contributed by atoms with Gasteiger partial charge in [0.15, 0.2) is 11.5 Å². The molecule has 0 fully saturated rings. The van der Waals surface area contributed by atoms with E-state index in [9.17, 15) is 5.11 Å². The molecule has 0 aliphatic carbocycles. The summed E-state index contributed by atoms with van der Waals surface area (Å²) in [4.78, 5) is 0. The van der Waals surface area contributed by atoms with Crippen LogP contribution in [0.15, 0.2) is 78.9 Å². The molecule has 0 unspecified atom stereocenters. The van der Waals surface area contributed by atoms with Gasteiger partial charge in [-0.2, -0.15) is 0 Å². The number of hydrogen-bond acceptors (Lipinski definition) is 5. The van der Waals surface area contributed by atoms with E-state index < -0.39 is 6.10 Å². The Kier molecular flexibility index (Phi) is 6.42. The lowest BCUT2D eigenvalue weighted by Crippen LogP contribution is -2.30. The van der Waals surface area contributed by atoms with Crippen LogP contribution in [0.4, 0.5) is 0 Å². The van der Waals surface area contributed by atoms with Gasteiger partial charge in [0.05, 0.1) is 12.7 Å². The molecule has 0 spiro atoms. The second kappa shape index (κ2) is 9.56. The molecule has 3 aromatic rings. The van der Waals surface area contributed by atoms with Crippen molar-refractivity contribution in [3.63, 3.8) is 0 Å². The third kappa shape index (κ3) is 5.15. The largest absolute Gasteiger partial charge is 0.454 e. The lowest BCUT2D eigenvalue weighted by atomic mass is 10.0. The summed E-state index contributed by atoms with van der Waals surface area (Å²) < 4.78 is 16.8. The topological polar surface area (TPSA) is 60.0 Å². The fourth-order valence-corrected chi connectivity index (χ4v) is 3.34. The van der Waals surface area contributed by atoms with E-state index >= 15 is 0 Å². The Hall–Kier alpha value is -2.86. The molecule has 0 radical (unpaired) electrons. The number of benzene rings is 3. The van der Waals surface area contributed by atoms with Crippen molar-refractivity contribution in [3.8, 4) is 11.5 Å². The second-order valence-electron chi connectivity index (χ2n) is 7.01. The van der Waals surface area contributed by atoms with Crippen LogP contribution >= 0.6 is 0 Å². The van der Waals surface area contributed by atoms with Gasteiger partial charge >= 0.3 is 0 Å². The molecular formula is C24H25NO4. The van der Waals surface area contributed by atoms with Crippen LogP contribution in [0.3, 0.4) is 0 Å². The van der Waals surface area contributed by atoms with Crippen molar-refractivity contribution in [2.75, 3.05) is 19.9 Å². The van der Waals surface area contributed by atoms with Crippen LogP contribution in [0.2, 0.25) is 0 Å². The van der Waals surface area contributed by atoms with Gasteiger partial charge < -0.3 is 24.6 Å². The molecule has 0 saturated heterocycles. The molecule has 1 aliphatic rings. The number of aliphatic hydroxyl groups excluding tert-OH is 1. The monoisotopic (exact) mass is 391 g/mol. The molecule has 3 aromatic carbocycles. The average Bonchev–Trinajstić information content (AvgIpc) is 3.23. The highest BCUT2D eigenvalue weighted by atomic mass is 16.7. The smallest absolute Gasteiger partial charge is 0.231 e. The number of hydrogen-bond donors (Lipinski definition) is 2. The van der Waals surface area contributed by atoms with Gasteiger partial charge in [0, 0.05) is 13.1 Å².